The van der Waals surface area contributed by atoms with Gasteiger partial charge in [-0.2, -0.15) is 0 Å². The lowest BCUT2D eigenvalue weighted by Gasteiger charge is -2.32. The number of nitrogens with zero attached hydrogens (tertiary/aromatic N) is 4. The van der Waals surface area contributed by atoms with Crippen molar-refractivity contribution in [1.29, 1.82) is 0 Å². The van der Waals surface area contributed by atoms with Crippen molar-refractivity contribution in [3.8, 4) is 5.75 Å². The fraction of sp³-hybridized carbons (Fsp3) is 0.480. The van der Waals surface area contributed by atoms with Gasteiger partial charge in [0.25, 0.3) is 0 Å². The number of nitrogens with one attached hydrogen (secondary N) is 2. The SMILES string of the molecule is COc1ccc2cc1CN(C)[C@@H](CC(C)C)C(=O)N(C)CCCc1c[nH]c3ncnc(c13)N2. The van der Waals surface area contributed by atoms with Gasteiger partial charge in [0.05, 0.1) is 18.5 Å². The minimum absolute atomic E-state index is 0.164. The molecule has 1 aromatic carbocycles. The smallest absolute Gasteiger partial charge is 0.239 e. The van der Waals surface area contributed by atoms with Crippen LogP contribution in [-0.2, 0) is 17.8 Å². The van der Waals surface area contributed by atoms with E-state index >= 15 is 0 Å². The van der Waals surface area contributed by atoms with Gasteiger partial charge in [-0.1, -0.05) is 13.8 Å². The molecule has 2 N–H and O–H groups in total. The van der Waals surface area contributed by atoms with Crippen LogP contribution in [0.4, 0.5) is 11.5 Å². The van der Waals surface area contributed by atoms with E-state index in [1.54, 1.807) is 13.4 Å². The van der Waals surface area contributed by atoms with Crippen LogP contribution in [-0.4, -0.2) is 64.5 Å². The lowest BCUT2D eigenvalue weighted by molar-refractivity contribution is -0.136. The first-order valence-electron chi connectivity index (χ1n) is 11.6. The van der Waals surface area contributed by atoms with Crippen LogP contribution in [0.3, 0.4) is 0 Å². The number of H-pyrrole nitrogens is 1. The van der Waals surface area contributed by atoms with Crippen molar-refractivity contribution < 1.29 is 9.53 Å². The second-order valence-electron chi connectivity index (χ2n) is 9.34. The maximum Gasteiger partial charge on any atom is 0.239 e. The molecule has 1 aliphatic heterocycles. The molecule has 1 aliphatic rings. The van der Waals surface area contributed by atoms with Crippen molar-refractivity contribution in [3.63, 3.8) is 0 Å². The number of aryl methyl sites for hydroxylation is 1. The average molecular weight is 451 g/mol. The van der Waals surface area contributed by atoms with Crippen LogP contribution in [0, 0.1) is 5.92 Å². The molecule has 3 aromatic rings. The van der Waals surface area contributed by atoms with E-state index in [9.17, 15) is 4.79 Å². The highest BCUT2D eigenvalue weighted by Crippen LogP contribution is 2.31. The summed E-state index contributed by atoms with van der Waals surface area (Å²) < 4.78 is 5.65. The highest BCUT2D eigenvalue weighted by atomic mass is 16.5. The van der Waals surface area contributed by atoms with Crippen LogP contribution in [0.15, 0.2) is 30.7 Å². The Morgan fingerprint density at radius 1 is 1.21 bits per heavy atom. The number of fused-ring (bicyclic) bond motifs is 2. The number of methoxy groups -OCH3 is 1. The first-order chi connectivity index (χ1) is 15.9. The maximum atomic E-state index is 13.5. The summed E-state index contributed by atoms with van der Waals surface area (Å²) in [5, 5.41) is 4.48. The Balaban J connectivity index is 1.78. The van der Waals surface area contributed by atoms with Gasteiger partial charge in [0.1, 0.15) is 23.5 Å². The van der Waals surface area contributed by atoms with Gasteiger partial charge in [0.15, 0.2) is 0 Å². The monoisotopic (exact) mass is 450 g/mol. The van der Waals surface area contributed by atoms with Gasteiger partial charge in [0, 0.05) is 37.6 Å². The molecule has 0 saturated heterocycles. The van der Waals surface area contributed by atoms with Gasteiger partial charge < -0.3 is 19.9 Å². The molecule has 0 unspecified atom stereocenters. The zero-order valence-electron chi connectivity index (χ0n) is 20.2. The number of anilines is 2. The van der Waals surface area contributed by atoms with Gasteiger partial charge in [0.2, 0.25) is 5.91 Å². The van der Waals surface area contributed by atoms with E-state index in [-0.39, 0.29) is 11.9 Å². The fourth-order valence-corrected chi connectivity index (χ4v) is 4.60. The molecule has 8 heteroatoms. The highest BCUT2D eigenvalue weighted by Gasteiger charge is 2.28. The van der Waals surface area contributed by atoms with Gasteiger partial charge in [-0.3, -0.25) is 9.69 Å². The van der Waals surface area contributed by atoms with Crippen molar-refractivity contribution in [2.24, 2.45) is 5.92 Å². The Kier molecular flexibility index (Phi) is 6.83. The number of ether oxygens (including phenoxy) is 1. The number of rotatable bonds is 3. The molecule has 0 radical (unpaired) electrons. The summed E-state index contributed by atoms with van der Waals surface area (Å²) in [7, 11) is 5.61. The van der Waals surface area contributed by atoms with Gasteiger partial charge in [-0.25, -0.2) is 9.97 Å². The Labute approximate surface area is 195 Å². The molecule has 0 aliphatic carbocycles. The van der Waals surface area contributed by atoms with Crippen molar-refractivity contribution >= 4 is 28.4 Å². The van der Waals surface area contributed by atoms with E-state index in [1.165, 1.54) is 0 Å². The summed E-state index contributed by atoms with van der Waals surface area (Å²) in [5.41, 5.74) is 3.89. The van der Waals surface area contributed by atoms with E-state index in [4.69, 9.17) is 4.74 Å². The minimum atomic E-state index is -0.191. The van der Waals surface area contributed by atoms with Crippen molar-refractivity contribution in [2.45, 2.75) is 45.7 Å². The Hall–Kier alpha value is -3.13. The van der Waals surface area contributed by atoms with Crippen molar-refractivity contribution in [1.82, 2.24) is 24.8 Å². The van der Waals surface area contributed by atoms with E-state index in [2.05, 4.69) is 45.1 Å². The molecular formula is C25H34N6O2. The van der Waals surface area contributed by atoms with Crippen LogP contribution in [0.5, 0.6) is 5.75 Å². The van der Waals surface area contributed by atoms with Crippen LogP contribution >= 0.6 is 0 Å². The number of carbonyl (C=O) groups is 1. The molecule has 4 rings (SSSR count). The molecule has 0 saturated carbocycles. The highest BCUT2D eigenvalue weighted by molar-refractivity contribution is 5.92. The summed E-state index contributed by atoms with van der Waals surface area (Å²) in [6, 6.07) is 5.84. The molecule has 2 aromatic heterocycles. The third kappa shape index (κ3) is 4.95. The van der Waals surface area contributed by atoms with Gasteiger partial charge in [-0.15, -0.1) is 0 Å². The van der Waals surface area contributed by atoms with Crippen LogP contribution in [0.25, 0.3) is 11.0 Å². The molecule has 8 nitrogen and oxygen atoms in total. The lowest BCUT2D eigenvalue weighted by Crippen LogP contribution is -2.46. The summed E-state index contributed by atoms with van der Waals surface area (Å²) in [6.45, 7) is 5.63. The number of amides is 1. The molecule has 3 heterocycles. The number of hydrogen-bond donors (Lipinski definition) is 2. The van der Waals surface area contributed by atoms with Crippen LogP contribution < -0.4 is 10.1 Å². The predicted molar refractivity (Wildman–Crippen MR) is 131 cm³/mol. The van der Waals surface area contributed by atoms with Crippen molar-refractivity contribution in [3.05, 3.63) is 41.9 Å². The molecule has 2 bridgehead atoms. The Morgan fingerprint density at radius 2 is 2.03 bits per heavy atom. The molecule has 0 spiro atoms. The quantitative estimate of drug-likeness (QED) is 0.628. The molecule has 1 atom stereocenters. The topological polar surface area (TPSA) is 86.4 Å². The van der Waals surface area contributed by atoms with Crippen LogP contribution in [0.1, 0.15) is 37.8 Å². The average Bonchev–Trinajstić information content (AvgIpc) is 3.20. The lowest BCUT2D eigenvalue weighted by atomic mass is 10.0. The summed E-state index contributed by atoms with van der Waals surface area (Å²) in [5.74, 6) is 2.15. The van der Waals surface area contributed by atoms with Gasteiger partial charge >= 0.3 is 0 Å². The predicted octanol–water partition coefficient (Wildman–Crippen LogP) is 3.96. The Morgan fingerprint density at radius 3 is 2.79 bits per heavy atom. The number of benzene rings is 1. The van der Waals surface area contributed by atoms with Crippen LogP contribution in [0.2, 0.25) is 0 Å². The molecule has 176 valence electrons. The minimum Gasteiger partial charge on any atom is -0.496 e. The third-order valence-electron chi connectivity index (χ3n) is 6.34. The molecule has 33 heavy (non-hydrogen) atoms. The number of aromatic amines is 1. The van der Waals surface area contributed by atoms with Gasteiger partial charge in [-0.05, 0) is 56.0 Å². The molecule has 0 fully saturated rings. The van der Waals surface area contributed by atoms with Crippen molar-refractivity contribution in [2.75, 3.05) is 33.1 Å². The number of hydrogen-bond acceptors (Lipinski definition) is 6. The Bertz CT molecular complexity index is 1130. The summed E-state index contributed by atoms with van der Waals surface area (Å²) in [4.78, 5) is 29.7. The van der Waals surface area contributed by atoms with E-state index in [1.807, 2.05) is 37.3 Å². The van der Waals surface area contributed by atoms with E-state index in [0.29, 0.717) is 19.0 Å². The maximum absolute atomic E-state index is 13.5. The first kappa shape index (κ1) is 23.0. The summed E-state index contributed by atoms with van der Waals surface area (Å²) >= 11 is 0. The molecule has 1 amide bonds. The number of aromatic nitrogens is 3. The second kappa shape index (κ2) is 9.79. The standard InChI is InChI=1S/C25H34N6O2/c1-16(2)11-20-25(32)30(3)10-6-7-17-13-26-23-22(17)24(28-15-27-23)29-19-8-9-21(33-5)18(12-19)14-31(20)4/h8-9,12-13,15-16,20H,6-7,10-11,14H2,1-5H3,(H2,26,27,28,29)/t20-/m0/s1. The number of likely N-dealkylation sites (N-methyl/N-ethyl adjacent to an activating group) is 2. The summed E-state index contributed by atoms with van der Waals surface area (Å²) in [6.07, 6.45) is 6.07. The second-order valence-corrected chi connectivity index (χ2v) is 9.34. The zero-order valence-corrected chi connectivity index (χ0v) is 20.2. The first-order valence-corrected chi connectivity index (χ1v) is 11.6. The number of carbonyl (C=O) groups excluding carboxylic acids is 1. The fourth-order valence-electron chi connectivity index (χ4n) is 4.60. The largest absolute Gasteiger partial charge is 0.496 e. The normalized spacial score (nSPS) is 18.2. The molecular weight excluding hydrogens is 416 g/mol. The van der Waals surface area contributed by atoms with E-state index in [0.717, 1.165) is 58.7 Å². The van der Waals surface area contributed by atoms with E-state index < -0.39 is 0 Å². The zero-order chi connectivity index (χ0) is 23.5. The third-order valence-corrected chi connectivity index (χ3v) is 6.34.